The van der Waals surface area contributed by atoms with Gasteiger partial charge in [0.05, 0.1) is 0 Å². The molecule has 1 amide bonds. The molecule has 0 aromatic rings. The molecule has 0 aromatic carbocycles. The molecule has 0 aliphatic heterocycles. The highest BCUT2D eigenvalue weighted by Crippen LogP contribution is 1.95. The Kier molecular flexibility index (Phi) is 5.66. The third kappa shape index (κ3) is 6.12. The van der Waals surface area contributed by atoms with Crippen molar-refractivity contribution < 1.29 is 15.0 Å². The van der Waals surface area contributed by atoms with Gasteiger partial charge in [-0.15, -0.1) is 0 Å². The number of hydrogen-bond acceptors (Lipinski definition) is 3. The van der Waals surface area contributed by atoms with Crippen molar-refractivity contribution in [2.24, 2.45) is 0 Å². The first-order chi connectivity index (χ1) is 5.56. The van der Waals surface area contributed by atoms with Crippen molar-refractivity contribution in [2.75, 3.05) is 0 Å². The number of carbonyl (C=O) groups is 1. The zero-order chi connectivity index (χ0) is 9.56. The molecule has 3 N–H and O–H groups in total. The lowest BCUT2D eigenvalue weighted by atomic mass is 10.2. The van der Waals surface area contributed by atoms with Crippen LogP contribution in [-0.4, -0.2) is 28.5 Å². The fourth-order valence-corrected chi connectivity index (χ4v) is 0.709. The van der Waals surface area contributed by atoms with Gasteiger partial charge in [-0.1, -0.05) is 6.92 Å². The molecule has 4 nitrogen and oxygen atoms in total. The second-order valence-corrected chi connectivity index (χ2v) is 2.90. The summed E-state index contributed by atoms with van der Waals surface area (Å²) < 4.78 is 0. The molecule has 12 heavy (non-hydrogen) atoms. The van der Waals surface area contributed by atoms with Crippen LogP contribution < -0.4 is 5.32 Å². The summed E-state index contributed by atoms with van der Waals surface area (Å²) in [5.41, 5.74) is 0. The van der Waals surface area contributed by atoms with Crippen LogP contribution in [-0.2, 0) is 4.79 Å². The van der Waals surface area contributed by atoms with Crippen molar-refractivity contribution in [3.8, 4) is 0 Å². The largest absolute Gasteiger partial charge is 0.368 e. The van der Waals surface area contributed by atoms with Crippen molar-refractivity contribution in [3.63, 3.8) is 0 Å². The summed E-state index contributed by atoms with van der Waals surface area (Å²) in [4.78, 5) is 11.0. The molecular formula is C8H17NO3. The van der Waals surface area contributed by atoms with E-state index in [0.29, 0.717) is 0 Å². The van der Waals surface area contributed by atoms with Gasteiger partial charge in [-0.3, -0.25) is 4.79 Å². The summed E-state index contributed by atoms with van der Waals surface area (Å²) in [5, 5.41) is 19.7. The van der Waals surface area contributed by atoms with E-state index >= 15 is 0 Å². The minimum atomic E-state index is -1.38. The van der Waals surface area contributed by atoms with E-state index in [1.54, 1.807) is 0 Å². The van der Waals surface area contributed by atoms with Gasteiger partial charge in [0.2, 0.25) is 5.91 Å². The normalized spacial score (nSPS) is 13.1. The topological polar surface area (TPSA) is 69.6 Å². The van der Waals surface area contributed by atoms with Crippen molar-refractivity contribution in [2.45, 2.75) is 45.4 Å². The Bertz CT molecular complexity index is 136. The fraction of sp³-hybridized carbons (Fsp3) is 0.875. The van der Waals surface area contributed by atoms with E-state index in [2.05, 4.69) is 5.32 Å². The molecule has 0 spiro atoms. The first-order valence-electron chi connectivity index (χ1n) is 4.21. The Hall–Kier alpha value is -0.610. The van der Waals surface area contributed by atoms with Crippen molar-refractivity contribution >= 4 is 5.91 Å². The molecule has 0 saturated carbocycles. The third-order valence-corrected chi connectivity index (χ3v) is 1.65. The molecule has 0 rings (SSSR count). The highest BCUT2D eigenvalue weighted by Gasteiger charge is 2.06. The average Bonchev–Trinajstić information content (AvgIpc) is 2.00. The van der Waals surface area contributed by atoms with Gasteiger partial charge < -0.3 is 15.5 Å². The molecule has 0 aliphatic carbocycles. The molecule has 0 saturated heterocycles. The van der Waals surface area contributed by atoms with Crippen molar-refractivity contribution in [1.82, 2.24) is 5.32 Å². The van der Waals surface area contributed by atoms with Crippen molar-refractivity contribution in [1.29, 1.82) is 0 Å². The number of amides is 1. The zero-order valence-corrected chi connectivity index (χ0v) is 7.58. The van der Waals surface area contributed by atoms with E-state index in [4.69, 9.17) is 10.2 Å². The number of aliphatic hydroxyl groups excluding tert-OH is 1. The lowest BCUT2D eigenvalue weighted by Gasteiger charge is -2.11. The Morgan fingerprint density at radius 2 is 2.08 bits per heavy atom. The molecule has 0 aliphatic rings. The lowest BCUT2D eigenvalue weighted by Crippen LogP contribution is -2.32. The molecular weight excluding hydrogens is 158 g/mol. The van der Waals surface area contributed by atoms with Crippen LogP contribution in [0.2, 0.25) is 0 Å². The van der Waals surface area contributed by atoms with Gasteiger partial charge in [0.15, 0.2) is 6.29 Å². The lowest BCUT2D eigenvalue weighted by molar-refractivity contribution is -0.124. The predicted octanol–water partition coefficient (Wildman–Crippen LogP) is -0.00800. The molecule has 0 aromatic heterocycles. The van der Waals surface area contributed by atoms with E-state index in [0.717, 1.165) is 6.42 Å². The number of aliphatic hydroxyl groups is 2. The van der Waals surface area contributed by atoms with Crippen LogP contribution in [0.25, 0.3) is 0 Å². The van der Waals surface area contributed by atoms with Crippen LogP contribution >= 0.6 is 0 Å². The number of rotatable bonds is 5. The number of carbonyl (C=O) groups excluding carboxylic acids is 1. The number of nitrogens with one attached hydrogen (secondary N) is 1. The summed E-state index contributed by atoms with van der Waals surface area (Å²) in [7, 11) is 0. The molecule has 0 fully saturated rings. The molecule has 4 heteroatoms. The second kappa shape index (κ2) is 5.97. The van der Waals surface area contributed by atoms with Crippen molar-refractivity contribution in [3.05, 3.63) is 0 Å². The smallest absolute Gasteiger partial charge is 0.220 e. The van der Waals surface area contributed by atoms with E-state index in [1.165, 1.54) is 0 Å². The third-order valence-electron chi connectivity index (χ3n) is 1.65. The quantitative estimate of drug-likeness (QED) is 0.515. The maximum Gasteiger partial charge on any atom is 0.220 e. The summed E-state index contributed by atoms with van der Waals surface area (Å²) in [6.07, 6.45) is -0.231. The predicted molar refractivity (Wildman–Crippen MR) is 45.4 cm³/mol. The highest BCUT2D eigenvalue weighted by atomic mass is 16.5. The first-order valence-corrected chi connectivity index (χ1v) is 4.21. The van der Waals surface area contributed by atoms with Crippen LogP contribution in [0.15, 0.2) is 0 Å². The van der Waals surface area contributed by atoms with Gasteiger partial charge in [-0.2, -0.15) is 0 Å². The van der Waals surface area contributed by atoms with E-state index in [1.807, 2.05) is 13.8 Å². The standard InChI is InChI=1S/C8H17NO3/c1-3-6(2)9-7(10)4-5-8(11)12/h6,8,11-12H,3-5H2,1-2H3,(H,9,10). The zero-order valence-electron chi connectivity index (χ0n) is 7.58. The number of hydrogen-bond donors (Lipinski definition) is 3. The van der Waals surface area contributed by atoms with E-state index < -0.39 is 6.29 Å². The Morgan fingerprint density at radius 1 is 1.50 bits per heavy atom. The molecule has 0 heterocycles. The first kappa shape index (κ1) is 11.4. The SMILES string of the molecule is CCC(C)NC(=O)CCC(O)O. The second-order valence-electron chi connectivity index (χ2n) is 2.90. The van der Waals surface area contributed by atoms with Gasteiger partial charge in [-0.05, 0) is 13.3 Å². The summed E-state index contributed by atoms with van der Waals surface area (Å²) in [6.45, 7) is 3.89. The van der Waals surface area contributed by atoms with Crippen LogP contribution in [0.1, 0.15) is 33.1 Å². The molecule has 0 radical (unpaired) electrons. The van der Waals surface area contributed by atoms with Gasteiger partial charge in [-0.25, -0.2) is 0 Å². The minimum absolute atomic E-state index is 0.0995. The molecule has 72 valence electrons. The van der Waals surface area contributed by atoms with Crippen LogP contribution in [0.3, 0.4) is 0 Å². The van der Waals surface area contributed by atoms with Gasteiger partial charge in [0, 0.05) is 18.9 Å². The van der Waals surface area contributed by atoms with Gasteiger partial charge >= 0.3 is 0 Å². The maximum absolute atomic E-state index is 11.0. The van der Waals surface area contributed by atoms with Crippen LogP contribution in [0.4, 0.5) is 0 Å². The monoisotopic (exact) mass is 175 g/mol. The summed E-state index contributed by atoms with van der Waals surface area (Å²) in [5.74, 6) is -0.127. The Morgan fingerprint density at radius 3 is 2.50 bits per heavy atom. The fourth-order valence-electron chi connectivity index (χ4n) is 0.709. The molecule has 1 unspecified atom stereocenters. The Balaban J connectivity index is 3.46. The van der Waals surface area contributed by atoms with Gasteiger partial charge in [0.1, 0.15) is 0 Å². The highest BCUT2D eigenvalue weighted by molar-refractivity contribution is 5.76. The summed E-state index contributed by atoms with van der Waals surface area (Å²) >= 11 is 0. The summed E-state index contributed by atoms with van der Waals surface area (Å²) in [6, 6.07) is 0.160. The van der Waals surface area contributed by atoms with E-state index in [9.17, 15) is 4.79 Å². The maximum atomic E-state index is 11.0. The molecule has 0 bridgehead atoms. The van der Waals surface area contributed by atoms with Crippen LogP contribution in [0.5, 0.6) is 0 Å². The van der Waals surface area contributed by atoms with Gasteiger partial charge in [0.25, 0.3) is 0 Å². The van der Waals surface area contributed by atoms with E-state index in [-0.39, 0.29) is 24.8 Å². The van der Waals surface area contributed by atoms with Crippen LogP contribution in [0, 0.1) is 0 Å². The molecule has 1 atom stereocenters. The minimum Gasteiger partial charge on any atom is -0.368 e. The Labute approximate surface area is 72.6 Å². The average molecular weight is 175 g/mol.